The average molecular weight is 253 g/mol. The molecule has 0 aromatic rings. The highest BCUT2D eigenvalue weighted by molar-refractivity contribution is 6.10. The average Bonchev–Trinajstić information content (AvgIpc) is 2.60. The fraction of sp³-hybridized carbons (Fsp3) is 0.857. The fourth-order valence-corrected chi connectivity index (χ4v) is 2.51. The van der Waals surface area contributed by atoms with Crippen molar-refractivity contribution in [1.82, 2.24) is 5.01 Å². The van der Waals surface area contributed by atoms with Gasteiger partial charge < -0.3 is 5.73 Å². The van der Waals surface area contributed by atoms with E-state index in [4.69, 9.17) is 5.73 Å². The van der Waals surface area contributed by atoms with Crippen molar-refractivity contribution in [3.63, 3.8) is 0 Å². The maximum atomic E-state index is 12.5. The summed E-state index contributed by atoms with van der Waals surface area (Å²) in [5, 5.41) is 6.34. The number of nitrogens with zero attached hydrogens (tertiary/aromatic N) is 2. The van der Waals surface area contributed by atoms with Gasteiger partial charge in [-0.05, 0) is 25.8 Å². The number of hydrogen-bond donors (Lipinski definition) is 1. The highest BCUT2D eigenvalue weighted by atomic mass is 16.2. The normalized spacial score (nSPS) is 20.8. The molecule has 1 unspecified atom stereocenters. The summed E-state index contributed by atoms with van der Waals surface area (Å²) in [4.78, 5) is 12.5. The molecule has 18 heavy (non-hydrogen) atoms. The zero-order chi connectivity index (χ0) is 13.9. The second kappa shape index (κ2) is 5.83. The van der Waals surface area contributed by atoms with Gasteiger partial charge in [0, 0.05) is 5.41 Å². The van der Waals surface area contributed by atoms with Crippen molar-refractivity contribution < 1.29 is 4.79 Å². The Labute approximate surface area is 111 Å². The van der Waals surface area contributed by atoms with E-state index < -0.39 is 0 Å². The lowest BCUT2D eigenvalue weighted by Gasteiger charge is -2.23. The van der Waals surface area contributed by atoms with Crippen LogP contribution < -0.4 is 5.73 Å². The van der Waals surface area contributed by atoms with Gasteiger partial charge in [-0.15, -0.1) is 0 Å². The van der Waals surface area contributed by atoms with Gasteiger partial charge in [-0.1, -0.05) is 34.6 Å². The Hall–Kier alpha value is -0.900. The van der Waals surface area contributed by atoms with E-state index in [0.29, 0.717) is 13.0 Å². The molecule has 1 heterocycles. The Balaban J connectivity index is 3.04. The zero-order valence-electron chi connectivity index (χ0n) is 12.4. The van der Waals surface area contributed by atoms with E-state index in [-0.39, 0.29) is 23.3 Å². The number of carbonyl (C=O) groups excluding carboxylic acids is 1. The summed E-state index contributed by atoms with van der Waals surface area (Å²) in [7, 11) is 0. The van der Waals surface area contributed by atoms with E-state index in [0.717, 1.165) is 18.6 Å². The molecule has 1 rings (SSSR count). The van der Waals surface area contributed by atoms with Crippen LogP contribution in [-0.4, -0.2) is 29.2 Å². The van der Waals surface area contributed by atoms with Crippen molar-refractivity contribution in [2.24, 2.45) is 22.2 Å². The molecule has 1 aliphatic rings. The molecule has 1 aliphatic heterocycles. The Bertz CT molecular complexity index is 326. The minimum Gasteiger partial charge on any atom is -0.330 e. The van der Waals surface area contributed by atoms with Crippen LogP contribution in [0.5, 0.6) is 0 Å². The van der Waals surface area contributed by atoms with E-state index in [2.05, 4.69) is 39.7 Å². The number of hydrogen-bond acceptors (Lipinski definition) is 3. The van der Waals surface area contributed by atoms with Gasteiger partial charge in [0.25, 0.3) is 5.91 Å². The summed E-state index contributed by atoms with van der Waals surface area (Å²) < 4.78 is 0. The topological polar surface area (TPSA) is 58.7 Å². The zero-order valence-corrected chi connectivity index (χ0v) is 12.4. The van der Waals surface area contributed by atoms with Gasteiger partial charge >= 0.3 is 0 Å². The van der Waals surface area contributed by atoms with Gasteiger partial charge in [-0.2, -0.15) is 5.10 Å². The Morgan fingerprint density at radius 1 is 1.33 bits per heavy atom. The lowest BCUT2D eigenvalue weighted by molar-refractivity contribution is -0.134. The van der Waals surface area contributed by atoms with Crippen LogP contribution >= 0.6 is 0 Å². The maximum Gasteiger partial charge on any atom is 0.251 e. The second-order valence-electron chi connectivity index (χ2n) is 6.02. The lowest BCUT2D eigenvalue weighted by Crippen LogP contribution is -2.37. The Morgan fingerprint density at radius 2 is 1.89 bits per heavy atom. The van der Waals surface area contributed by atoms with Crippen LogP contribution in [0.15, 0.2) is 5.10 Å². The summed E-state index contributed by atoms with van der Waals surface area (Å²) >= 11 is 0. The molecule has 4 heteroatoms. The first-order valence-electron chi connectivity index (χ1n) is 6.98. The Morgan fingerprint density at radius 3 is 2.28 bits per heavy atom. The molecule has 0 aliphatic carbocycles. The maximum absolute atomic E-state index is 12.5. The quantitative estimate of drug-likeness (QED) is 0.818. The monoisotopic (exact) mass is 253 g/mol. The van der Waals surface area contributed by atoms with Gasteiger partial charge in [0.15, 0.2) is 0 Å². The molecule has 0 aromatic carbocycles. The van der Waals surface area contributed by atoms with Crippen LogP contribution in [0.4, 0.5) is 0 Å². The summed E-state index contributed by atoms with van der Waals surface area (Å²) in [6.45, 7) is 11.1. The molecule has 0 saturated heterocycles. The summed E-state index contributed by atoms with van der Waals surface area (Å²) in [6, 6.07) is 0.220. The number of nitrogens with two attached hydrogens (primary N) is 1. The molecule has 0 aromatic heterocycles. The molecule has 0 spiro atoms. The van der Waals surface area contributed by atoms with Crippen molar-refractivity contribution in [3.05, 3.63) is 0 Å². The largest absolute Gasteiger partial charge is 0.330 e. The SMILES string of the molecule is CCC(CC)N1N=C(C(C)(C)C)C(CCN)C1=O. The first kappa shape index (κ1) is 15.2. The third-order valence-electron chi connectivity index (χ3n) is 3.58. The molecule has 0 saturated carbocycles. The first-order chi connectivity index (χ1) is 8.36. The first-order valence-corrected chi connectivity index (χ1v) is 6.98. The van der Waals surface area contributed by atoms with E-state index in [1.54, 1.807) is 5.01 Å². The fourth-order valence-electron chi connectivity index (χ4n) is 2.51. The van der Waals surface area contributed by atoms with Crippen molar-refractivity contribution in [2.45, 2.75) is 59.9 Å². The molecule has 2 N–H and O–H groups in total. The molecule has 0 fully saturated rings. The van der Waals surface area contributed by atoms with E-state index in [9.17, 15) is 4.79 Å². The molecule has 0 bridgehead atoms. The second-order valence-corrected chi connectivity index (χ2v) is 6.02. The summed E-state index contributed by atoms with van der Waals surface area (Å²) in [5.41, 5.74) is 6.55. The standard InChI is InChI=1S/C14H27N3O/c1-6-10(7-2)17-13(18)11(8-9-15)12(16-17)14(3,4)5/h10-11H,6-9,15H2,1-5H3. The third kappa shape index (κ3) is 2.91. The Kier molecular flexibility index (Phi) is 4.91. The molecular weight excluding hydrogens is 226 g/mol. The summed E-state index contributed by atoms with van der Waals surface area (Å²) in [5.74, 6) is 0.0228. The number of rotatable bonds is 5. The van der Waals surface area contributed by atoms with Crippen LogP contribution in [0.25, 0.3) is 0 Å². The molecule has 1 amide bonds. The van der Waals surface area contributed by atoms with Gasteiger partial charge in [0.1, 0.15) is 0 Å². The predicted molar refractivity (Wildman–Crippen MR) is 75.3 cm³/mol. The van der Waals surface area contributed by atoms with Crippen LogP contribution in [0.3, 0.4) is 0 Å². The minimum absolute atomic E-state index is 0.0731. The number of amides is 1. The van der Waals surface area contributed by atoms with Gasteiger partial charge in [-0.3, -0.25) is 4.79 Å². The van der Waals surface area contributed by atoms with Crippen LogP contribution in [-0.2, 0) is 4.79 Å². The third-order valence-corrected chi connectivity index (χ3v) is 3.58. The van der Waals surface area contributed by atoms with Gasteiger partial charge in [-0.25, -0.2) is 5.01 Å². The van der Waals surface area contributed by atoms with Crippen LogP contribution in [0.1, 0.15) is 53.9 Å². The number of carbonyl (C=O) groups is 1. The van der Waals surface area contributed by atoms with E-state index in [1.807, 2.05) is 0 Å². The smallest absolute Gasteiger partial charge is 0.251 e. The molecule has 4 nitrogen and oxygen atoms in total. The summed E-state index contributed by atoms with van der Waals surface area (Å²) in [6.07, 6.45) is 2.59. The lowest BCUT2D eigenvalue weighted by atomic mass is 9.81. The molecule has 0 radical (unpaired) electrons. The molecule has 1 atom stereocenters. The highest BCUT2D eigenvalue weighted by Crippen LogP contribution is 2.32. The van der Waals surface area contributed by atoms with Crippen molar-refractivity contribution in [3.8, 4) is 0 Å². The van der Waals surface area contributed by atoms with E-state index in [1.165, 1.54) is 0 Å². The van der Waals surface area contributed by atoms with Crippen LogP contribution in [0, 0.1) is 11.3 Å². The highest BCUT2D eigenvalue weighted by Gasteiger charge is 2.42. The molecule has 104 valence electrons. The van der Waals surface area contributed by atoms with E-state index >= 15 is 0 Å². The van der Waals surface area contributed by atoms with Crippen molar-refractivity contribution in [1.29, 1.82) is 0 Å². The minimum atomic E-state index is -0.115. The molecular formula is C14H27N3O. The van der Waals surface area contributed by atoms with Gasteiger partial charge in [0.2, 0.25) is 0 Å². The van der Waals surface area contributed by atoms with Gasteiger partial charge in [0.05, 0.1) is 17.7 Å². The van der Waals surface area contributed by atoms with Crippen molar-refractivity contribution >= 4 is 11.6 Å². The predicted octanol–water partition coefficient (Wildman–Crippen LogP) is 2.38. The number of hydrazone groups is 1. The van der Waals surface area contributed by atoms with Crippen molar-refractivity contribution in [2.75, 3.05) is 6.54 Å². The van der Waals surface area contributed by atoms with Crippen LogP contribution in [0.2, 0.25) is 0 Å².